The van der Waals surface area contributed by atoms with Crippen molar-refractivity contribution in [1.29, 1.82) is 0 Å². The lowest BCUT2D eigenvalue weighted by Crippen LogP contribution is -2.56. The summed E-state index contributed by atoms with van der Waals surface area (Å²) in [5.74, 6) is -2.33. The molecule has 4 atom stereocenters. The van der Waals surface area contributed by atoms with Crippen LogP contribution in [0.5, 0.6) is 6.01 Å². The van der Waals surface area contributed by atoms with Gasteiger partial charge in [0.25, 0.3) is 5.91 Å². The Morgan fingerprint density at radius 1 is 1.20 bits per heavy atom. The number of amides is 1. The Labute approximate surface area is 253 Å². The highest BCUT2D eigenvalue weighted by molar-refractivity contribution is 5.95. The number of anilines is 1. The van der Waals surface area contributed by atoms with Gasteiger partial charge in [0.15, 0.2) is 11.6 Å². The van der Waals surface area contributed by atoms with E-state index in [0.29, 0.717) is 24.0 Å². The first-order valence-electron chi connectivity index (χ1n) is 15.1. The van der Waals surface area contributed by atoms with Gasteiger partial charge in [-0.1, -0.05) is 24.8 Å². The molecule has 2 aromatic carbocycles. The average molecular weight is 603 g/mol. The summed E-state index contributed by atoms with van der Waals surface area (Å²) in [5, 5.41) is 0.169. The van der Waals surface area contributed by atoms with Gasteiger partial charge < -0.3 is 24.3 Å². The van der Waals surface area contributed by atoms with Crippen molar-refractivity contribution >= 4 is 22.6 Å². The minimum atomic E-state index is -1.10. The summed E-state index contributed by atoms with van der Waals surface area (Å²) in [6.07, 6.45) is 3.97. The van der Waals surface area contributed by atoms with Gasteiger partial charge in [-0.3, -0.25) is 4.79 Å². The monoisotopic (exact) mass is 602 g/mol. The number of hydrogen-bond donors (Lipinski definition) is 0. The number of piperazine rings is 1. The number of hydrogen-bond acceptors (Lipinski definition) is 6. The summed E-state index contributed by atoms with van der Waals surface area (Å²) in [5.41, 5.74) is 2.58. The highest BCUT2D eigenvalue weighted by Crippen LogP contribution is 2.59. The number of halogens is 3. The van der Waals surface area contributed by atoms with Crippen molar-refractivity contribution in [3.8, 4) is 17.1 Å². The van der Waals surface area contributed by atoms with E-state index in [0.717, 1.165) is 43.4 Å². The SMILES string of the molecule is [C-]#[N+]C[C@H]1CN(c2nc(OC[C@@H]3CCCN3C)nc3c(F)c(-c4cccc5c4C4CC4C5)c(F)cc23)CCN1C(=O)C(=C)F. The van der Waals surface area contributed by atoms with Crippen molar-refractivity contribution in [2.45, 2.75) is 43.7 Å². The van der Waals surface area contributed by atoms with E-state index in [-0.39, 0.29) is 60.5 Å². The van der Waals surface area contributed by atoms with Gasteiger partial charge in [-0.15, -0.1) is 0 Å². The first-order chi connectivity index (χ1) is 21.2. The van der Waals surface area contributed by atoms with E-state index in [1.165, 1.54) is 11.0 Å². The summed E-state index contributed by atoms with van der Waals surface area (Å²) in [4.78, 5) is 30.3. The third-order valence-corrected chi connectivity index (χ3v) is 9.74. The van der Waals surface area contributed by atoms with E-state index >= 15 is 8.78 Å². The van der Waals surface area contributed by atoms with E-state index in [4.69, 9.17) is 11.3 Å². The van der Waals surface area contributed by atoms with Crippen molar-refractivity contribution in [2.75, 3.05) is 51.3 Å². The van der Waals surface area contributed by atoms with Crippen molar-refractivity contribution in [3.63, 3.8) is 0 Å². The molecule has 8 nitrogen and oxygen atoms in total. The van der Waals surface area contributed by atoms with Gasteiger partial charge in [-0.05, 0) is 73.9 Å². The summed E-state index contributed by atoms with van der Waals surface area (Å²) >= 11 is 0. The van der Waals surface area contributed by atoms with E-state index in [2.05, 4.69) is 26.3 Å². The third-order valence-electron chi connectivity index (χ3n) is 9.74. The van der Waals surface area contributed by atoms with Crippen LogP contribution in [-0.2, 0) is 11.2 Å². The van der Waals surface area contributed by atoms with Crippen molar-refractivity contribution in [1.82, 2.24) is 19.8 Å². The molecule has 0 radical (unpaired) electrons. The molecular formula is C33H33F3N6O2. The fourth-order valence-electron chi connectivity index (χ4n) is 7.36. The zero-order chi connectivity index (χ0) is 30.7. The Morgan fingerprint density at radius 3 is 2.80 bits per heavy atom. The second-order valence-electron chi connectivity index (χ2n) is 12.4. The molecular weight excluding hydrogens is 569 g/mol. The summed E-state index contributed by atoms with van der Waals surface area (Å²) in [6, 6.07) is 6.42. The smallest absolute Gasteiger partial charge is 0.319 e. The Morgan fingerprint density at radius 2 is 2.05 bits per heavy atom. The molecule has 4 aliphatic rings. The number of benzene rings is 2. The van der Waals surface area contributed by atoms with Crippen LogP contribution in [-0.4, -0.2) is 84.1 Å². The molecule has 3 fully saturated rings. The third kappa shape index (κ3) is 4.85. The molecule has 2 aliphatic heterocycles. The highest BCUT2D eigenvalue weighted by Gasteiger charge is 2.46. The van der Waals surface area contributed by atoms with E-state index < -0.39 is 29.4 Å². The molecule has 2 saturated heterocycles. The molecule has 1 aromatic heterocycles. The average Bonchev–Trinajstić information content (AvgIpc) is 3.48. The maximum Gasteiger partial charge on any atom is 0.319 e. The van der Waals surface area contributed by atoms with Crippen LogP contribution in [0.4, 0.5) is 19.0 Å². The molecule has 11 heteroatoms. The van der Waals surface area contributed by atoms with Crippen LogP contribution in [0.25, 0.3) is 26.9 Å². The second-order valence-corrected chi connectivity index (χ2v) is 12.4. The Hall–Kier alpha value is -4.17. The maximum absolute atomic E-state index is 16.7. The minimum absolute atomic E-state index is 0.0258. The molecule has 44 heavy (non-hydrogen) atoms. The summed E-state index contributed by atoms with van der Waals surface area (Å²) < 4.78 is 52.6. The first kappa shape index (κ1) is 28.6. The molecule has 1 saturated carbocycles. The van der Waals surface area contributed by atoms with Crippen LogP contribution in [0.15, 0.2) is 36.7 Å². The lowest BCUT2D eigenvalue weighted by molar-refractivity contribution is -0.131. The zero-order valence-electron chi connectivity index (χ0n) is 24.5. The van der Waals surface area contributed by atoms with Crippen LogP contribution < -0.4 is 9.64 Å². The van der Waals surface area contributed by atoms with Crippen LogP contribution in [0.2, 0.25) is 0 Å². The molecule has 0 spiro atoms. The van der Waals surface area contributed by atoms with Crippen molar-refractivity contribution in [2.24, 2.45) is 5.92 Å². The molecule has 3 aromatic rings. The maximum atomic E-state index is 16.7. The number of fused-ring (bicyclic) bond motifs is 4. The fraction of sp³-hybridized carbons (Fsp3) is 0.455. The molecule has 0 N–H and O–H groups in total. The Kier molecular flexibility index (Phi) is 7.20. The van der Waals surface area contributed by atoms with E-state index in [9.17, 15) is 9.18 Å². The summed E-state index contributed by atoms with van der Waals surface area (Å²) in [7, 11) is 2.02. The van der Waals surface area contributed by atoms with Gasteiger partial charge in [0.1, 0.15) is 29.8 Å². The van der Waals surface area contributed by atoms with Gasteiger partial charge in [-0.2, -0.15) is 9.97 Å². The number of carbonyl (C=O) groups excluding carboxylic acids is 1. The van der Waals surface area contributed by atoms with E-state index in [1.807, 2.05) is 19.2 Å². The standard InChI is InChI=1S/C33H33F3N6O2/c1-18(34)32(43)42-11-10-41(16-22(42)15-37-2)31-25-14-26(35)28(23-8-4-6-19-12-20-13-24(20)27(19)23)29(36)30(25)38-33(39-31)44-17-21-7-5-9-40(21)3/h4,6,8,14,20-22,24H,1,5,7,9-13,15-17H2,3H3/t20?,21-,22-,24?/m0/s1. The number of ether oxygens (including phenoxy) is 1. The lowest BCUT2D eigenvalue weighted by Gasteiger charge is -2.39. The second kappa shape index (κ2) is 11.1. The quantitative estimate of drug-likeness (QED) is 0.276. The van der Waals surface area contributed by atoms with Gasteiger partial charge in [-0.25, -0.2) is 19.7 Å². The summed E-state index contributed by atoms with van der Waals surface area (Å²) in [6.45, 7) is 12.1. The van der Waals surface area contributed by atoms with Crippen molar-refractivity contribution < 1.29 is 22.7 Å². The predicted octanol–water partition coefficient (Wildman–Crippen LogP) is 5.13. The van der Waals surface area contributed by atoms with Gasteiger partial charge >= 0.3 is 6.01 Å². The number of likely N-dealkylation sites (N-methyl/N-ethyl adjacent to an activating group) is 1. The Bertz CT molecular complexity index is 1720. The first-order valence-corrected chi connectivity index (χ1v) is 15.1. The van der Waals surface area contributed by atoms with Crippen LogP contribution >= 0.6 is 0 Å². The van der Waals surface area contributed by atoms with Gasteiger partial charge in [0, 0.05) is 31.1 Å². The fourth-order valence-corrected chi connectivity index (χ4v) is 7.36. The normalized spacial score (nSPS) is 24.2. The van der Waals surface area contributed by atoms with Crippen molar-refractivity contribution in [3.05, 3.63) is 70.8 Å². The highest BCUT2D eigenvalue weighted by atomic mass is 19.1. The van der Waals surface area contributed by atoms with Gasteiger partial charge in [0.05, 0.1) is 5.56 Å². The molecule has 7 rings (SSSR count). The number of carbonyl (C=O) groups is 1. The molecule has 2 aliphatic carbocycles. The number of likely N-dealkylation sites (tertiary alicyclic amines) is 1. The van der Waals surface area contributed by atoms with E-state index in [1.54, 1.807) is 11.0 Å². The number of rotatable bonds is 7. The van der Waals surface area contributed by atoms with Crippen LogP contribution in [0, 0.1) is 24.1 Å². The number of nitrogens with zero attached hydrogens (tertiary/aromatic N) is 6. The molecule has 1 amide bonds. The Balaban J connectivity index is 1.32. The molecule has 0 bridgehead atoms. The topological polar surface area (TPSA) is 66.2 Å². The van der Waals surface area contributed by atoms with Crippen LogP contribution in [0.3, 0.4) is 0 Å². The largest absolute Gasteiger partial charge is 0.462 e. The molecule has 3 heterocycles. The predicted molar refractivity (Wildman–Crippen MR) is 160 cm³/mol. The zero-order valence-corrected chi connectivity index (χ0v) is 24.5. The van der Waals surface area contributed by atoms with Crippen LogP contribution in [0.1, 0.15) is 36.3 Å². The molecule has 228 valence electrons. The van der Waals surface area contributed by atoms with Gasteiger partial charge in [0.2, 0.25) is 6.54 Å². The molecule has 2 unspecified atom stereocenters. The number of aromatic nitrogens is 2. The minimum Gasteiger partial charge on any atom is -0.462 e. The lowest BCUT2D eigenvalue weighted by atomic mass is 9.93.